The topological polar surface area (TPSA) is 112 Å². The minimum atomic E-state index is -3.17. The van der Waals surface area contributed by atoms with E-state index >= 15 is 0 Å². The summed E-state index contributed by atoms with van der Waals surface area (Å²) < 4.78 is 76.2. The molecule has 0 aliphatic carbocycles. The molecule has 0 saturated carbocycles. The zero-order chi connectivity index (χ0) is 30.3. The highest BCUT2D eigenvalue weighted by Crippen LogP contribution is 2.39. The Hall–Kier alpha value is -2.48. The predicted octanol–water partition coefficient (Wildman–Crippen LogP) is 3.69. The Balaban J connectivity index is 0.000000220. The third-order valence-corrected chi connectivity index (χ3v) is 6.53. The lowest BCUT2D eigenvalue weighted by Gasteiger charge is -2.44. The summed E-state index contributed by atoms with van der Waals surface area (Å²) in [6, 6.07) is 0. The molecular formula is C26H38F4N2O8. The normalized spacial score (nSPS) is 29.9. The number of likely N-dealkylation sites (tertiary alicyclic amines) is 2. The van der Waals surface area contributed by atoms with Crippen LogP contribution in [-0.2, 0) is 28.5 Å². The molecule has 228 valence electrons. The molecule has 4 saturated heterocycles. The zero-order valence-corrected chi connectivity index (χ0v) is 23.6. The summed E-state index contributed by atoms with van der Waals surface area (Å²) >= 11 is 0. The number of ether oxygens (including phenoxy) is 4. The number of hydrogen-bond acceptors (Lipinski definition) is 8. The van der Waals surface area contributed by atoms with Crippen molar-refractivity contribution in [1.29, 1.82) is 0 Å². The van der Waals surface area contributed by atoms with E-state index in [2.05, 4.69) is 0 Å². The van der Waals surface area contributed by atoms with Crippen LogP contribution in [0.25, 0.3) is 0 Å². The number of hydrogen-bond donors (Lipinski definition) is 0. The van der Waals surface area contributed by atoms with Gasteiger partial charge in [0.25, 0.3) is 11.8 Å². The molecule has 0 N–H and O–H groups in total. The lowest BCUT2D eigenvalue weighted by atomic mass is 9.86. The van der Waals surface area contributed by atoms with Crippen LogP contribution in [0.15, 0.2) is 0 Å². The number of carbonyl (C=O) groups excluding carboxylic acids is 4. The van der Waals surface area contributed by atoms with Crippen molar-refractivity contribution in [3.05, 3.63) is 0 Å². The molecule has 0 radical (unpaired) electrons. The molecule has 4 rings (SSSR count). The average molecular weight is 583 g/mol. The van der Waals surface area contributed by atoms with Gasteiger partial charge in [0.1, 0.15) is 36.6 Å². The molecule has 0 aromatic carbocycles. The van der Waals surface area contributed by atoms with E-state index < -0.39 is 72.4 Å². The monoisotopic (exact) mass is 582 g/mol. The SMILES string of the molecule is CC(C)(C)OC(=O)N1C[C@@H]2CC(=O)CO[C@@H]2C(F)(F)C1.CC(C)(C)OC(=O)N1C[C@H]2CC(=O)CO[C@H]2C(F)(F)C1. The fraction of sp³-hybridized carbons (Fsp3) is 0.846. The molecule has 4 heterocycles. The van der Waals surface area contributed by atoms with Crippen molar-refractivity contribution >= 4 is 23.8 Å². The van der Waals surface area contributed by atoms with E-state index in [-0.39, 0.29) is 50.7 Å². The van der Waals surface area contributed by atoms with Crippen LogP contribution in [0.2, 0.25) is 0 Å². The molecule has 0 aromatic heterocycles. The fourth-order valence-electron chi connectivity index (χ4n) is 5.12. The Labute approximate surface area is 230 Å². The zero-order valence-electron chi connectivity index (χ0n) is 23.6. The summed E-state index contributed by atoms with van der Waals surface area (Å²) in [4.78, 5) is 48.4. The summed E-state index contributed by atoms with van der Waals surface area (Å²) in [6.07, 6.45) is -4.13. The van der Waals surface area contributed by atoms with Crippen LogP contribution in [0.5, 0.6) is 0 Å². The molecule has 4 aliphatic rings. The summed E-state index contributed by atoms with van der Waals surface area (Å²) in [5.74, 6) is -8.11. The van der Waals surface area contributed by atoms with Crippen molar-refractivity contribution in [2.24, 2.45) is 11.8 Å². The summed E-state index contributed by atoms with van der Waals surface area (Å²) in [6.45, 7) is 8.10. The number of fused-ring (bicyclic) bond motifs is 2. The number of amides is 2. The van der Waals surface area contributed by atoms with E-state index in [1.165, 1.54) is 0 Å². The van der Waals surface area contributed by atoms with Crippen LogP contribution in [-0.4, -0.2) is 108 Å². The largest absolute Gasteiger partial charge is 0.444 e. The minimum absolute atomic E-state index is 0.0134. The second-order valence-corrected chi connectivity index (χ2v) is 12.7. The van der Waals surface area contributed by atoms with Crippen molar-refractivity contribution < 1.29 is 55.7 Å². The van der Waals surface area contributed by atoms with E-state index in [0.717, 1.165) is 9.80 Å². The second-order valence-electron chi connectivity index (χ2n) is 12.7. The Morgan fingerprint density at radius 2 is 1.05 bits per heavy atom. The summed E-state index contributed by atoms with van der Waals surface area (Å²) in [7, 11) is 0. The molecule has 40 heavy (non-hydrogen) atoms. The maximum atomic E-state index is 14.0. The predicted molar refractivity (Wildman–Crippen MR) is 131 cm³/mol. The van der Waals surface area contributed by atoms with Gasteiger partial charge in [0.05, 0.1) is 13.1 Å². The van der Waals surface area contributed by atoms with Gasteiger partial charge in [0.2, 0.25) is 0 Å². The van der Waals surface area contributed by atoms with Crippen molar-refractivity contribution in [1.82, 2.24) is 9.80 Å². The van der Waals surface area contributed by atoms with Crippen LogP contribution in [0, 0.1) is 11.8 Å². The summed E-state index contributed by atoms with van der Waals surface area (Å²) in [5, 5.41) is 0. The van der Waals surface area contributed by atoms with Gasteiger partial charge in [0, 0.05) is 37.8 Å². The first kappa shape index (κ1) is 32.0. The smallest absolute Gasteiger partial charge is 0.410 e. The van der Waals surface area contributed by atoms with Crippen LogP contribution < -0.4 is 0 Å². The molecule has 0 aromatic rings. The Bertz CT molecular complexity index is 916. The van der Waals surface area contributed by atoms with Gasteiger partial charge in [-0.3, -0.25) is 9.59 Å². The van der Waals surface area contributed by atoms with Crippen molar-refractivity contribution in [2.75, 3.05) is 39.4 Å². The highest BCUT2D eigenvalue weighted by atomic mass is 19.3. The lowest BCUT2D eigenvalue weighted by molar-refractivity contribution is -0.206. The molecule has 10 nitrogen and oxygen atoms in total. The quantitative estimate of drug-likeness (QED) is 0.398. The van der Waals surface area contributed by atoms with Gasteiger partial charge < -0.3 is 28.7 Å². The number of carbonyl (C=O) groups is 4. The number of ketones is 2. The van der Waals surface area contributed by atoms with Gasteiger partial charge in [-0.1, -0.05) is 0 Å². The van der Waals surface area contributed by atoms with Gasteiger partial charge in [-0.05, 0) is 41.5 Å². The number of rotatable bonds is 0. The first-order valence-corrected chi connectivity index (χ1v) is 13.1. The highest BCUT2D eigenvalue weighted by Gasteiger charge is 2.55. The Kier molecular flexibility index (Phi) is 9.15. The highest BCUT2D eigenvalue weighted by molar-refractivity contribution is 5.81. The maximum Gasteiger partial charge on any atom is 0.410 e. The molecule has 4 fully saturated rings. The van der Waals surface area contributed by atoms with E-state index in [0.29, 0.717) is 0 Å². The number of halogens is 4. The van der Waals surface area contributed by atoms with Gasteiger partial charge in [-0.15, -0.1) is 0 Å². The van der Waals surface area contributed by atoms with Crippen molar-refractivity contribution in [3.8, 4) is 0 Å². The first-order chi connectivity index (χ1) is 18.2. The third kappa shape index (κ3) is 8.27. The standard InChI is InChI=1S/2C13H19F2NO4/c2*1-12(2,3)20-11(18)16-5-8-4-9(17)6-19-10(8)13(14,15)7-16/h2*8,10H,4-7H2,1-3H3/t2*8-,10-/m10/s1. The average Bonchev–Trinajstić information content (AvgIpc) is 2.75. The number of piperidine rings is 2. The van der Waals surface area contributed by atoms with Crippen LogP contribution in [0.4, 0.5) is 27.2 Å². The Morgan fingerprint density at radius 3 is 1.35 bits per heavy atom. The van der Waals surface area contributed by atoms with E-state index in [9.17, 15) is 36.7 Å². The molecular weight excluding hydrogens is 544 g/mol. The fourth-order valence-corrected chi connectivity index (χ4v) is 5.12. The molecule has 0 bridgehead atoms. The lowest BCUT2D eigenvalue weighted by Crippen LogP contribution is -2.61. The van der Waals surface area contributed by atoms with Gasteiger partial charge in [-0.2, -0.15) is 0 Å². The van der Waals surface area contributed by atoms with Crippen molar-refractivity contribution in [2.45, 2.75) is 89.6 Å². The number of alkyl halides is 4. The molecule has 0 unspecified atom stereocenters. The second kappa shape index (κ2) is 11.4. The van der Waals surface area contributed by atoms with Gasteiger partial charge in [0.15, 0.2) is 11.6 Å². The molecule has 14 heteroatoms. The van der Waals surface area contributed by atoms with E-state index in [1.54, 1.807) is 41.5 Å². The van der Waals surface area contributed by atoms with Crippen molar-refractivity contribution in [3.63, 3.8) is 0 Å². The molecule has 0 spiro atoms. The number of Topliss-reactive ketones (excluding diaryl/α,β-unsaturated/α-hetero) is 2. The van der Waals surface area contributed by atoms with Crippen LogP contribution in [0.1, 0.15) is 54.4 Å². The maximum absolute atomic E-state index is 14.0. The van der Waals surface area contributed by atoms with Gasteiger partial charge in [-0.25, -0.2) is 27.2 Å². The molecule has 4 aliphatic heterocycles. The molecule has 2 amide bonds. The van der Waals surface area contributed by atoms with E-state index in [1.807, 2.05) is 0 Å². The first-order valence-electron chi connectivity index (χ1n) is 13.1. The van der Waals surface area contributed by atoms with E-state index in [4.69, 9.17) is 18.9 Å². The minimum Gasteiger partial charge on any atom is -0.444 e. The van der Waals surface area contributed by atoms with Gasteiger partial charge >= 0.3 is 12.2 Å². The molecule has 4 atom stereocenters. The summed E-state index contributed by atoms with van der Waals surface area (Å²) in [5.41, 5.74) is -1.50. The third-order valence-electron chi connectivity index (χ3n) is 6.53. The van der Waals surface area contributed by atoms with Crippen LogP contribution in [0.3, 0.4) is 0 Å². The number of nitrogens with zero attached hydrogens (tertiary/aromatic N) is 2. The van der Waals surface area contributed by atoms with Crippen LogP contribution >= 0.6 is 0 Å². The Morgan fingerprint density at radius 1 is 0.725 bits per heavy atom.